The van der Waals surface area contributed by atoms with E-state index in [1.165, 1.54) is 0 Å². The van der Waals surface area contributed by atoms with Gasteiger partial charge in [0.1, 0.15) is 11.7 Å². The summed E-state index contributed by atoms with van der Waals surface area (Å²) in [6.07, 6.45) is 0.486. The predicted octanol–water partition coefficient (Wildman–Crippen LogP) is 0.917. The molecule has 0 aliphatic carbocycles. The molecule has 0 saturated carbocycles. The van der Waals surface area contributed by atoms with Crippen LogP contribution < -0.4 is 11.5 Å². The fraction of sp³-hybridized carbons (Fsp3) is 0.636. The molecule has 0 unspecified atom stereocenters. The van der Waals surface area contributed by atoms with Gasteiger partial charge >= 0.3 is 0 Å². The summed E-state index contributed by atoms with van der Waals surface area (Å²) < 4.78 is 0. The van der Waals surface area contributed by atoms with Gasteiger partial charge in [-0.2, -0.15) is 0 Å². The maximum absolute atomic E-state index is 7.18. The highest BCUT2D eigenvalue weighted by molar-refractivity contribution is 8.93. The van der Waals surface area contributed by atoms with Crippen LogP contribution in [-0.4, -0.2) is 61.3 Å². The molecule has 8 nitrogen and oxygen atoms in total. The average Bonchev–Trinajstić information content (AvgIpc) is 2.16. The third kappa shape index (κ3) is 18.7. The number of hydrogen-bond acceptors (Lipinski definition) is 4. The van der Waals surface area contributed by atoms with E-state index < -0.39 is 0 Å². The number of hydrogen-bond donors (Lipinski definition) is 6. The van der Waals surface area contributed by atoms with Crippen LogP contribution in [0.2, 0.25) is 0 Å². The van der Waals surface area contributed by atoms with Crippen LogP contribution in [-0.2, 0) is 0 Å². The Hall–Kier alpha value is -1.64. The summed E-state index contributed by atoms with van der Waals surface area (Å²) in [6.45, 7) is 0. The van der Waals surface area contributed by atoms with E-state index >= 15 is 0 Å². The highest BCUT2D eigenvalue weighted by Crippen LogP contribution is 1.85. The Kier molecular flexibility index (Phi) is 18.5. The zero-order chi connectivity index (χ0) is 14.9. The molecule has 0 aromatic heterocycles. The summed E-state index contributed by atoms with van der Waals surface area (Å²) in [7, 11) is 7.02. The molecule has 0 bridgehead atoms. The fourth-order valence-electron chi connectivity index (χ4n) is 0.677. The lowest BCUT2D eigenvalue weighted by Gasteiger charge is -2.11. The van der Waals surface area contributed by atoms with Crippen LogP contribution in [0, 0.1) is 21.6 Å². The normalized spacial score (nSPS) is 7.80. The Morgan fingerprint density at radius 1 is 0.750 bits per heavy atom. The summed E-state index contributed by atoms with van der Waals surface area (Å²) >= 11 is 0. The molecule has 0 aromatic rings. The van der Waals surface area contributed by atoms with E-state index in [1.54, 1.807) is 38.0 Å². The summed E-state index contributed by atoms with van der Waals surface area (Å²) in [5.74, 6) is 0.799. The highest BCUT2D eigenvalue weighted by Gasteiger charge is 1.99. The number of halogens is 1. The third-order valence-corrected chi connectivity index (χ3v) is 1.80. The van der Waals surface area contributed by atoms with E-state index in [0.717, 1.165) is 0 Å². The molecule has 0 rings (SSSR count). The van der Waals surface area contributed by atoms with Crippen molar-refractivity contribution >= 4 is 40.3 Å². The SMILES string of the molecule is Br.C.CN(C)C(=N)CC(=N)N.CN(C)C(=N)CC(=N)N. The molecule has 0 spiro atoms. The first kappa shape index (κ1) is 26.8. The van der Waals surface area contributed by atoms with Gasteiger partial charge in [-0.15, -0.1) is 17.0 Å². The quantitative estimate of drug-likeness (QED) is 0.328. The van der Waals surface area contributed by atoms with Gasteiger partial charge in [0, 0.05) is 28.2 Å². The Morgan fingerprint density at radius 3 is 1.00 bits per heavy atom. The summed E-state index contributed by atoms with van der Waals surface area (Å²) in [6, 6.07) is 0. The minimum Gasteiger partial charge on any atom is -0.387 e. The molecular formula is C11H29BrN8. The molecule has 8 N–H and O–H groups in total. The van der Waals surface area contributed by atoms with Crippen molar-refractivity contribution in [2.45, 2.75) is 20.3 Å². The second-order valence-corrected chi connectivity index (χ2v) is 4.09. The van der Waals surface area contributed by atoms with E-state index in [2.05, 4.69) is 0 Å². The second-order valence-electron chi connectivity index (χ2n) is 4.09. The summed E-state index contributed by atoms with van der Waals surface area (Å²) in [5.41, 5.74) is 10.1. The minimum atomic E-state index is 0. The van der Waals surface area contributed by atoms with Crippen molar-refractivity contribution in [1.82, 2.24) is 9.80 Å². The van der Waals surface area contributed by atoms with Gasteiger partial charge in [0.25, 0.3) is 0 Å². The van der Waals surface area contributed by atoms with Crippen LogP contribution in [0.15, 0.2) is 0 Å². The first-order valence-corrected chi connectivity index (χ1v) is 5.23. The molecule has 0 radical (unpaired) electrons. The molecule has 0 heterocycles. The van der Waals surface area contributed by atoms with E-state index in [0.29, 0.717) is 11.7 Å². The smallest absolute Gasteiger partial charge is 0.103 e. The van der Waals surface area contributed by atoms with E-state index in [9.17, 15) is 0 Å². The van der Waals surface area contributed by atoms with Crippen LogP contribution in [0.25, 0.3) is 0 Å². The standard InChI is InChI=1S/2C5H12N4.CH4.BrH/c2*1-9(2)5(8)3-4(6)7;;/h2*8H,3H2,1-2H3,(H3,6,7);1H4;1H. The monoisotopic (exact) mass is 352 g/mol. The van der Waals surface area contributed by atoms with Crippen LogP contribution in [0.1, 0.15) is 20.3 Å². The van der Waals surface area contributed by atoms with Gasteiger partial charge in [0.2, 0.25) is 0 Å². The number of nitrogens with zero attached hydrogens (tertiary/aromatic N) is 2. The molecule has 0 saturated heterocycles. The molecule has 0 aliphatic heterocycles. The highest BCUT2D eigenvalue weighted by atomic mass is 79.9. The van der Waals surface area contributed by atoms with E-state index in [1.807, 2.05) is 0 Å². The Morgan fingerprint density at radius 2 is 0.950 bits per heavy atom. The minimum absolute atomic E-state index is 0. The zero-order valence-electron chi connectivity index (χ0n) is 11.9. The van der Waals surface area contributed by atoms with Crippen molar-refractivity contribution in [3.05, 3.63) is 0 Å². The first-order chi connectivity index (χ1) is 8.07. The third-order valence-electron chi connectivity index (χ3n) is 1.80. The predicted molar refractivity (Wildman–Crippen MR) is 92.9 cm³/mol. The number of amidine groups is 4. The van der Waals surface area contributed by atoms with Gasteiger partial charge < -0.3 is 21.3 Å². The first-order valence-electron chi connectivity index (χ1n) is 5.23. The molecule has 0 aromatic carbocycles. The zero-order valence-corrected chi connectivity index (χ0v) is 13.6. The van der Waals surface area contributed by atoms with Gasteiger partial charge in [-0.3, -0.25) is 21.6 Å². The number of rotatable bonds is 4. The average molecular weight is 353 g/mol. The molecular weight excluding hydrogens is 324 g/mol. The lowest BCUT2D eigenvalue weighted by atomic mass is 10.3. The number of nitrogens with two attached hydrogens (primary N) is 2. The Bertz CT molecular complexity index is 292. The van der Waals surface area contributed by atoms with Gasteiger partial charge in [-0.25, -0.2) is 0 Å². The lowest BCUT2D eigenvalue weighted by Crippen LogP contribution is -2.26. The van der Waals surface area contributed by atoms with Crippen molar-refractivity contribution < 1.29 is 0 Å². The van der Waals surface area contributed by atoms with Crippen molar-refractivity contribution in [2.75, 3.05) is 28.2 Å². The van der Waals surface area contributed by atoms with Crippen molar-refractivity contribution in [1.29, 1.82) is 21.6 Å². The molecule has 0 amide bonds. The molecule has 0 aliphatic rings. The molecule has 9 heteroatoms. The summed E-state index contributed by atoms with van der Waals surface area (Å²) in [4.78, 5) is 3.25. The molecule has 0 fully saturated rings. The Labute approximate surface area is 132 Å². The maximum Gasteiger partial charge on any atom is 0.103 e. The second kappa shape index (κ2) is 13.8. The van der Waals surface area contributed by atoms with E-state index in [4.69, 9.17) is 33.1 Å². The van der Waals surface area contributed by atoms with Gasteiger partial charge in [0.15, 0.2) is 0 Å². The van der Waals surface area contributed by atoms with Gasteiger partial charge in [0.05, 0.1) is 24.5 Å². The van der Waals surface area contributed by atoms with Crippen molar-refractivity contribution in [3.8, 4) is 0 Å². The molecule has 0 atom stereocenters. The van der Waals surface area contributed by atoms with Crippen molar-refractivity contribution in [2.24, 2.45) is 11.5 Å². The van der Waals surface area contributed by atoms with Crippen LogP contribution >= 0.6 is 17.0 Å². The molecule has 20 heavy (non-hydrogen) atoms. The van der Waals surface area contributed by atoms with Gasteiger partial charge in [-0.1, -0.05) is 7.43 Å². The largest absolute Gasteiger partial charge is 0.387 e. The van der Waals surface area contributed by atoms with Crippen LogP contribution in [0.3, 0.4) is 0 Å². The van der Waals surface area contributed by atoms with Crippen LogP contribution in [0.5, 0.6) is 0 Å². The van der Waals surface area contributed by atoms with E-state index in [-0.39, 0.29) is 48.9 Å². The maximum atomic E-state index is 7.18. The van der Waals surface area contributed by atoms with Crippen molar-refractivity contribution in [3.63, 3.8) is 0 Å². The van der Waals surface area contributed by atoms with Crippen LogP contribution in [0.4, 0.5) is 0 Å². The lowest BCUT2D eigenvalue weighted by molar-refractivity contribution is 0.608. The number of nitrogens with one attached hydrogen (secondary N) is 4. The summed E-state index contributed by atoms with van der Waals surface area (Å²) in [5, 5.41) is 28.0. The van der Waals surface area contributed by atoms with Gasteiger partial charge in [-0.05, 0) is 0 Å². The molecule has 120 valence electrons. The topological polar surface area (TPSA) is 154 Å². The fourth-order valence-corrected chi connectivity index (χ4v) is 0.677. The Balaban J connectivity index is -0.000000116.